The van der Waals surface area contributed by atoms with E-state index >= 15 is 0 Å². The first-order chi connectivity index (χ1) is 18.0. The average Bonchev–Trinajstić information content (AvgIpc) is 2.86. The van der Waals surface area contributed by atoms with Crippen molar-refractivity contribution in [1.82, 2.24) is 9.97 Å². The molecular formula is C26H27F6N5O. The van der Waals surface area contributed by atoms with Gasteiger partial charge in [-0.05, 0) is 49.3 Å². The summed E-state index contributed by atoms with van der Waals surface area (Å²) >= 11 is 0. The molecule has 38 heavy (non-hydrogen) atoms. The molecule has 0 saturated heterocycles. The van der Waals surface area contributed by atoms with Crippen molar-refractivity contribution < 1.29 is 31.1 Å². The zero-order chi connectivity index (χ0) is 27.3. The van der Waals surface area contributed by atoms with Gasteiger partial charge in [-0.25, -0.2) is 4.98 Å². The van der Waals surface area contributed by atoms with E-state index in [1.807, 2.05) is 0 Å². The SMILES string of the molecule is N[C@H]1CC[C@H](CNc2nc(NCc3ccccc3OC(F)(F)F)ncc2-c2ccccc2C(F)(F)F)CC1. The fourth-order valence-electron chi connectivity index (χ4n) is 4.45. The Morgan fingerprint density at radius 3 is 2.26 bits per heavy atom. The van der Waals surface area contributed by atoms with E-state index in [9.17, 15) is 26.3 Å². The van der Waals surface area contributed by atoms with Gasteiger partial charge in [-0.15, -0.1) is 13.2 Å². The summed E-state index contributed by atoms with van der Waals surface area (Å²) in [6.45, 7) is 0.372. The summed E-state index contributed by atoms with van der Waals surface area (Å²) in [4.78, 5) is 8.56. The second kappa shape index (κ2) is 11.5. The molecule has 4 rings (SSSR count). The van der Waals surface area contributed by atoms with E-state index in [-0.39, 0.29) is 52.7 Å². The molecule has 1 saturated carbocycles. The van der Waals surface area contributed by atoms with Crippen molar-refractivity contribution in [2.45, 2.75) is 50.8 Å². The molecule has 3 aromatic rings. The molecule has 6 nitrogen and oxygen atoms in total. The molecule has 1 aliphatic carbocycles. The highest BCUT2D eigenvalue weighted by Gasteiger charge is 2.34. The van der Waals surface area contributed by atoms with Gasteiger partial charge in [-0.3, -0.25) is 0 Å². The lowest BCUT2D eigenvalue weighted by atomic mass is 9.86. The first-order valence-electron chi connectivity index (χ1n) is 12.1. The normalized spacial score (nSPS) is 18.2. The van der Waals surface area contributed by atoms with Crippen molar-refractivity contribution in [3.05, 3.63) is 65.9 Å². The maximum Gasteiger partial charge on any atom is 0.573 e. The number of hydrogen-bond donors (Lipinski definition) is 3. The molecule has 0 amide bonds. The number of benzene rings is 2. The Bertz CT molecular complexity index is 1230. The van der Waals surface area contributed by atoms with Crippen LogP contribution in [0.1, 0.15) is 36.8 Å². The molecule has 1 aliphatic rings. The molecule has 0 atom stereocenters. The van der Waals surface area contributed by atoms with E-state index in [0.29, 0.717) is 6.54 Å². The number of nitrogens with two attached hydrogens (primary N) is 1. The third kappa shape index (κ3) is 7.27. The highest BCUT2D eigenvalue weighted by Crippen LogP contribution is 2.39. The van der Waals surface area contributed by atoms with Gasteiger partial charge in [0.25, 0.3) is 0 Å². The van der Waals surface area contributed by atoms with Gasteiger partial charge in [0.1, 0.15) is 11.6 Å². The van der Waals surface area contributed by atoms with Crippen molar-refractivity contribution in [3.63, 3.8) is 0 Å². The molecule has 0 unspecified atom stereocenters. The zero-order valence-corrected chi connectivity index (χ0v) is 20.2. The Kier molecular flexibility index (Phi) is 8.29. The monoisotopic (exact) mass is 539 g/mol. The number of anilines is 2. The Morgan fingerprint density at radius 2 is 1.55 bits per heavy atom. The number of halogens is 6. The maximum atomic E-state index is 13.7. The van der Waals surface area contributed by atoms with Crippen LogP contribution in [-0.4, -0.2) is 28.9 Å². The number of rotatable bonds is 8. The average molecular weight is 540 g/mol. The largest absolute Gasteiger partial charge is 0.573 e. The predicted molar refractivity (Wildman–Crippen MR) is 131 cm³/mol. The first-order valence-corrected chi connectivity index (χ1v) is 12.1. The van der Waals surface area contributed by atoms with Crippen LogP contribution in [0.15, 0.2) is 54.7 Å². The smallest absolute Gasteiger partial charge is 0.405 e. The Balaban J connectivity index is 1.61. The highest BCUT2D eigenvalue weighted by atomic mass is 19.4. The summed E-state index contributed by atoms with van der Waals surface area (Å²) < 4.78 is 83.6. The maximum absolute atomic E-state index is 13.7. The molecule has 0 aliphatic heterocycles. The number of nitrogens with zero attached hydrogens (tertiary/aromatic N) is 2. The highest BCUT2D eigenvalue weighted by molar-refractivity contribution is 5.78. The van der Waals surface area contributed by atoms with Crippen molar-refractivity contribution in [2.24, 2.45) is 11.7 Å². The van der Waals surface area contributed by atoms with Gasteiger partial charge in [0, 0.05) is 36.5 Å². The number of alkyl halides is 6. The number of para-hydroxylation sites is 1. The minimum absolute atomic E-state index is 0.0354. The minimum Gasteiger partial charge on any atom is -0.405 e. The van der Waals surface area contributed by atoms with E-state index < -0.39 is 18.1 Å². The molecule has 4 N–H and O–H groups in total. The molecule has 0 bridgehead atoms. The Labute approximate surface area is 215 Å². The quantitative estimate of drug-likeness (QED) is 0.280. The molecule has 0 spiro atoms. The van der Waals surface area contributed by atoms with Crippen molar-refractivity contribution >= 4 is 11.8 Å². The van der Waals surface area contributed by atoms with E-state index in [4.69, 9.17) is 5.73 Å². The van der Waals surface area contributed by atoms with Gasteiger partial charge < -0.3 is 21.1 Å². The van der Waals surface area contributed by atoms with Gasteiger partial charge in [0.15, 0.2) is 0 Å². The number of aromatic nitrogens is 2. The van der Waals surface area contributed by atoms with E-state index in [1.165, 1.54) is 42.6 Å². The van der Waals surface area contributed by atoms with Gasteiger partial charge in [0.05, 0.1) is 5.56 Å². The fourth-order valence-corrected chi connectivity index (χ4v) is 4.45. The van der Waals surface area contributed by atoms with Crippen LogP contribution in [0, 0.1) is 5.92 Å². The Morgan fingerprint density at radius 1 is 0.868 bits per heavy atom. The number of nitrogens with one attached hydrogen (secondary N) is 2. The van der Waals surface area contributed by atoms with Crippen LogP contribution in [0.2, 0.25) is 0 Å². The van der Waals surface area contributed by atoms with E-state index in [2.05, 4.69) is 25.3 Å². The summed E-state index contributed by atoms with van der Waals surface area (Å²) in [5, 5.41) is 6.03. The molecule has 0 radical (unpaired) electrons. The molecular weight excluding hydrogens is 512 g/mol. The molecule has 1 fully saturated rings. The standard InChI is InChI=1S/C26H27F6N5O/c27-25(28,29)21-7-3-2-6-19(21)20-15-36-24(37-23(20)34-13-16-9-11-18(33)12-10-16)35-14-17-5-1-4-8-22(17)38-26(30,31)32/h1-8,15-16,18H,9-14,33H2,(H2,34,35,36,37)/t16-,18-. The molecule has 1 heterocycles. The topological polar surface area (TPSA) is 85.1 Å². The molecule has 12 heteroatoms. The van der Waals surface area contributed by atoms with Crippen LogP contribution in [0.3, 0.4) is 0 Å². The number of hydrogen-bond acceptors (Lipinski definition) is 6. The predicted octanol–water partition coefficient (Wildman–Crippen LogP) is 6.60. The molecule has 1 aromatic heterocycles. The lowest BCUT2D eigenvalue weighted by molar-refractivity contribution is -0.274. The first kappa shape index (κ1) is 27.5. The third-order valence-electron chi connectivity index (χ3n) is 6.40. The Hall–Kier alpha value is -3.54. The van der Waals surface area contributed by atoms with E-state index in [1.54, 1.807) is 6.07 Å². The lowest BCUT2D eigenvalue weighted by Gasteiger charge is -2.26. The second-order valence-corrected chi connectivity index (χ2v) is 9.17. The van der Waals surface area contributed by atoms with Crippen molar-refractivity contribution in [3.8, 4) is 16.9 Å². The lowest BCUT2D eigenvalue weighted by Crippen LogP contribution is -2.29. The van der Waals surface area contributed by atoms with Crippen LogP contribution in [0.25, 0.3) is 11.1 Å². The van der Waals surface area contributed by atoms with Crippen LogP contribution < -0.4 is 21.1 Å². The minimum atomic E-state index is -4.86. The van der Waals surface area contributed by atoms with Gasteiger partial charge in [0.2, 0.25) is 5.95 Å². The summed E-state index contributed by atoms with van der Waals surface area (Å²) in [5.74, 6) is 0.123. The van der Waals surface area contributed by atoms with Gasteiger partial charge >= 0.3 is 12.5 Å². The summed E-state index contributed by atoms with van der Waals surface area (Å²) in [6, 6.07) is 10.9. The molecule has 204 valence electrons. The third-order valence-corrected chi connectivity index (χ3v) is 6.40. The zero-order valence-electron chi connectivity index (χ0n) is 20.2. The summed E-state index contributed by atoms with van der Waals surface area (Å²) in [5.41, 5.74) is 5.44. The molecule has 2 aromatic carbocycles. The van der Waals surface area contributed by atoms with Crippen LogP contribution in [0.4, 0.5) is 38.1 Å². The van der Waals surface area contributed by atoms with Gasteiger partial charge in [-0.1, -0.05) is 36.4 Å². The van der Waals surface area contributed by atoms with Crippen molar-refractivity contribution in [1.29, 1.82) is 0 Å². The second-order valence-electron chi connectivity index (χ2n) is 9.17. The number of ether oxygens (including phenoxy) is 1. The van der Waals surface area contributed by atoms with Crippen LogP contribution in [-0.2, 0) is 12.7 Å². The van der Waals surface area contributed by atoms with Crippen LogP contribution in [0.5, 0.6) is 5.75 Å². The summed E-state index contributed by atoms with van der Waals surface area (Å²) in [6.07, 6.45) is -4.67. The van der Waals surface area contributed by atoms with Crippen LogP contribution >= 0.6 is 0 Å². The van der Waals surface area contributed by atoms with E-state index in [0.717, 1.165) is 31.7 Å². The van der Waals surface area contributed by atoms with Gasteiger partial charge in [-0.2, -0.15) is 18.2 Å². The fraction of sp³-hybridized carbons (Fsp3) is 0.385. The summed E-state index contributed by atoms with van der Waals surface area (Å²) in [7, 11) is 0. The van der Waals surface area contributed by atoms with Crippen molar-refractivity contribution in [2.75, 3.05) is 17.2 Å².